The molecule has 10 nitrogen and oxygen atoms in total. The Balaban J connectivity index is 1.23. The van der Waals surface area contributed by atoms with Crippen LogP contribution in [0.25, 0.3) is 33.5 Å². The van der Waals surface area contributed by atoms with Crippen molar-refractivity contribution >= 4 is 39.4 Å². The monoisotopic (exact) mass is 567 g/mol. The summed E-state index contributed by atoms with van der Waals surface area (Å²) in [5, 5.41) is 4.28. The standard InChI is InChI=1S/C32H37N7O3/c1-36-30-23(11-21(13-27(30)42-2)32(41)39-17-20-6-8-24(39)29(20)33)35-31(36)26-12-19-5-7-22(37-10-9-34-15-28(37)40)14-25(19)38(26)16-18-3-4-18/h5,7,11-14,18,20,24,29,34H,3-4,6,8-10,15-17,33H2,1-2H3/t20-,24-,29-/m1/s1. The van der Waals surface area contributed by atoms with Gasteiger partial charge in [-0.2, -0.15) is 0 Å². The van der Waals surface area contributed by atoms with Crippen LogP contribution in [0.5, 0.6) is 5.75 Å². The summed E-state index contributed by atoms with van der Waals surface area (Å²) in [4.78, 5) is 35.3. The Morgan fingerprint density at radius 2 is 2.00 bits per heavy atom. The number of carbonyl (C=O) groups is 2. The van der Waals surface area contributed by atoms with Gasteiger partial charge in [0.05, 0.1) is 30.4 Å². The third kappa shape index (κ3) is 3.95. The summed E-state index contributed by atoms with van der Waals surface area (Å²) in [5.74, 6) is 2.59. The molecule has 2 saturated heterocycles. The van der Waals surface area contributed by atoms with Crippen LogP contribution >= 0.6 is 0 Å². The number of aromatic nitrogens is 3. The van der Waals surface area contributed by atoms with Crippen LogP contribution in [0, 0.1) is 11.8 Å². The molecule has 4 heterocycles. The fourth-order valence-electron chi connectivity index (χ4n) is 7.50. The van der Waals surface area contributed by atoms with Gasteiger partial charge in [0.15, 0.2) is 5.82 Å². The summed E-state index contributed by atoms with van der Waals surface area (Å²) in [5.41, 5.74) is 11.7. The number of hydrogen-bond acceptors (Lipinski definition) is 6. The van der Waals surface area contributed by atoms with E-state index in [1.807, 2.05) is 35.0 Å². The van der Waals surface area contributed by atoms with Crippen molar-refractivity contribution in [2.24, 2.45) is 24.6 Å². The molecule has 4 aromatic rings. The van der Waals surface area contributed by atoms with Crippen molar-refractivity contribution in [2.75, 3.05) is 38.2 Å². The van der Waals surface area contributed by atoms with Crippen LogP contribution in [0.15, 0.2) is 36.4 Å². The number of piperazine rings is 1. The smallest absolute Gasteiger partial charge is 0.254 e. The fourth-order valence-corrected chi connectivity index (χ4v) is 7.50. The van der Waals surface area contributed by atoms with Crippen molar-refractivity contribution in [1.82, 2.24) is 24.3 Å². The summed E-state index contributed by atoms with van der Waals surface area (Å²) < 4.78 is 10.3. The number of amides is 2. The maximum absolute atomic E-state index is 13.7. The van der Waals surface area contributed by atoms with Gasteiger partial charge in [0.2, 0.25) is 5.91 Å². The van der Waals surface area contributed by atoms with Crippen LogP contribution in [0.4, 0.5) is 5.69 Å². The van der Waals surface area contributed by atoms with Gasteiger partial charge in [0.25, 0.3) is 5.91 Å². The summed E-state index contributed by atoms with van der Waals surface area (Å²) >= 11 is 0. The third-order valence-corrected chi connectivity index (χ3v) is 9.97. The minimum absolute atomic E-state index is 0.00268. The van der Waals surface area contributed by atoms with E-state index in [4.69, 9.17) is 15.5 Å². The number of nitrogens with zero attached hydrogens (tertiary/aromatic N) is 5. The number of imidazole rings is 1. The summed E-state index contributed by atoms with van der Waals surface area (Å²) in [6.45, 7) is 3.44. The van der Waals surface area contributed by atoms with Gasteiger partial charge in [-0.15, -0.1) is 0 Å². The van der Waals surface area contributed by atoms with Crippen molar-refractivity contribution in [3.05, 3.63) is 42.0 Å². The van der Waals surface area contributed by atoms with Crippen molar-refractivity contribution in [2.45, 2.75) is 44.3 Å². The Hall–Kier alpha value is -3.89. The van der Waals surface area contributed by atoms with Crippen molar-refractivity contribution in [3.8, 4) is 17.3 Å². The zero-order valence-corrected chi connectivity index (χ0v) is 24.2. The van der Waals surface area contributed by atoms with E-state index in [1.54, 1.807) is 7.11 Å². The number of piperidine rings is 1. The van der Waals surface area contributed by atoms with E-state index in [1.165, 1.54) is 12.8 Å². The molecule has 2 aliphatic carbocycles. The summed E-state index contributed by atoms with van der Waals surface area (Å²) in [6, 6.07) is 12.4. The lowest BCUT2D eigenvalue weighted by Crippen LogP contribution is -2.48. The molecule has 42 heavy (non-hydrogen) atoms. The molecule has 2 aliphatic heterocycles. The second kappa shape index (κ2) is 9.57. The molecule has 0 radical (unpaired) electrons. The molecule has 4 aliphatic rings. The van der Waals surface area contributed by atoms with Gasteiger partial charge < -0.3 is 34.7 Å². The van der Waals surface area contributed by atoms with Crippen LogP contribution in [0.3, 0.4) is 0 Å². The molecule has 2 saturated carbocycles. The number of anilines is 1. The lowest BCUT2D eigenvalue weighted by atomic mass is 10.1. The Bertz CT molecular complexity index is 1750. The first kappa shape index (κ1) is 25.8. The molecule has 2 amide bonds. The van der Waals surface area contributed by atoms with Crippen LogP contribution in [0.1, 0.15) is 36.0 Å². The average Bonchev–Trinajstić information content (AvgIpc) is 3.41. The summed E-state index contributed by atoms with van der Waals surface area (Å²) in [7, 11) is 3.66. The van der Waals surface area contributed by atoms with E-state index in [-0.39, 0.29) is 23.9 Å². The molecule has 0 unspecified atom stereocenters. The van der Waals surface area contributed by atoms with Crippen molar-refractivity contribution in [3.63, 3.8) is 0 Å². The van der Waals surface area contributed by atoms with Crippen LogP contribution in [0.2, 0.25) is 0 Å². The first-order valence-corrected chi connectivity index (χ1v) is 15.2. The number of nitrogens with one attached hydrogen (secondary N) is 1. The first-order chi connectivity index (χ1) is 20.4. The fraction of sp³-hybridized carbons (Fsp3) is 0.469. The lowest BCUT2D eigenvalue weighted by molar-refractivity contribution is -0.118. The average molecular weight is 568 g/mol. The van der Waals surface area contributed by atoms with E-state index in [0.29, 0.717) is 36.2 Å². The topological polar surface area (TPSA) is 111 Å². The van der Waals surface area contributed by atoms with Gasteiger partial charge in [-0.05, 0) is 67.9 Å². The number of carbonyl (C=O) groups excluding carboxylic acids is 2. The van der Waals surface area contributed by atoms with E-state index >= 15 is 0 Å². The number of rotatable bonds is 6. The predicted molar refractivity (Wildman–Crippen MR) is 162 cm³/mol. The number of methoxy groups -OCH3 is 1. The molecule has 2 aromatic carbocycles. The Morgan fingerprint density at radius 3 is 2.71 bits per heavy atom. The quantitative estimate of drug-likeness (QED) is 0.371. The van der Waals surface area contributed by atoms with Crippen molar-refractivity contribution < 1.29 is 14.3 Å². The number of nitrogens with two attached hydrogens (primary N) is 1. The Morgan fingerprint density at radius 1 is 1.14 bits per heavy atom. The summed E-state index contributed by atoms with van der Waals surface area (Å²) in [6.07, 6.45) is 4.52. The molecule has 8 rings (SSSR count). The third-order valence-electron chi connectivity index (χ3n) is 9.97. The molecule has 4 fully saturated rings. The lowest BCUT2D eigenvalue weighted by Gasteiger charge is -2.27. The Kier molecular flexibility index (Phi) is 5.88. The molecular weight excluding hydrogens is 530 g/mol. The van der Waals surface area contributed by atoms with Gasteiger partial charge in [-0.3, -0.25) is 9.59 Å². The highest BCUT2D eigenvalue weighted by Gasteiger charge is 2.47. The Labute approximate surface area is 244 Å². The second-order valence-corrected chi connectivity index (χ2v) is 12.5. The molecule has 3 N–H and O–H groups in total. The molecule has 10 heteroatoms. The van der Waals surface area contributed by atoms with Crippen LogP contribution < -0.4 is 20.7 Å². The maximum Gasteiger partial charge on any atom is 0.254 e. The number of fused-ring (bicyclic) bond motifs is 4. The molecule has 218 valence electrons. The number of benzene rings is 2. The molecule has 0 spiro atoms. The minimum atomic E-state index is 0.00268. The number of likely N-dealkylation sites (tertiary alicyclic amines) is 1. The largest absolute Gasteiger partial charge is 0.494 e. The highest BCUT2D eigenvalue weighted by Crippen LogP contribution is 2.40. The SMILES string of the molecule is COc1cc(C(=O)N2C[C@H]3CC[C@@H]2[C@@H]3N)cc2nc(-c3cc4ccc(N5CCNCC5=O)cc4n3CC3CC3)n(C)c12. The van der Waals surface area contributed by atoms with E-state index < -0.39 is 0 Å². The van der Waals surface area contributed by atoms with Gasteiger partial charge in [-0.25, -0.2) is 4.98 Å². The zero-order chi connectivity index (χ0) is 28.7. The molecular formula is C32H37N7O3. The zero-order valence-electron chi connectivity index (χ0n) is 24.2. The maximum atomic E-state index is 13.7. The molecule has 3 atom stereocenters. The first-order valence-electron chi connectivity index (χ1n) is 15.2. The van der Waals surface area contributed by atoms with E-state index in [9.17, 15) is 9.59 Å². The van der Waals surface area contributed by atoms with E-state index in [0.717, 1.165) is 71.6 Å². The van der Waals surface area contributed by atoms with Gasteiger partial charge >= 0.3 is 0 Å². The minimum Gasteiger partial charge on any atom is -0.494 e. The second-order valence-electron chi connectivity index (χ2n) is 12.5. The van der Waals surface area contributed by atoms with Gasteiger partial charge in [0.1, 0.15) is 11.3 Å². The van der Waals surface area contributed by atoms with Crippen LogP contribution in [-0.4, -0.2) is 76.2 Å². The molecule has 2 bridgehead atoms. The normalized spacial score (nSPS) is 24.0. The highest BCUT2D eigenvalue weighted by molar-refractivity contribution is 6.01. The number of aryl methyl sites for hydroxylation is 1. The highest BCUT2D eigenvalue weighted by atomic mass is 16.5. The molecule has 2 aromatic heterocycles. The predicted octanol–water partition coefficient (Wildman–Crippen LogP) is 3.11. The van der Waals surface area contributed by atoms with Gasteiger partial charge in [0, 0.05) is 61.9 Å². The number of ether oxygens (including phenoxy) is 1. The van der Waals surface area contributed by atoms with Crippen molar-refractivity contribution in [1.29, 1.82) is 0 Å². The van der Waals surface area contributed by atoms with Gasteiger partial charge in [-0.1, -0.05) is 6.07 Å². The van der Waals surface area contributed by atoms with Crippen LogP contribution in [-0.2, 0) is 18.4 Å². The van der Waals surface area contributed by atoms with E-state index in [2.05, 4.69) is 32.7 Å². The number of hydrogen-bond donors (Lipinski definition) is 2.